The van der Waals surface area contributed by atoms with E-state index in [0.29, 0.717) is 24.3 Å². The van der Waals surface area contributed by atoms with E-state index in [1.54, 1.807) is 5.92 Å². The number of alkyl halides is 3. The van der Waals surface area contributed by atoms with Crippen molar-refractivity contribution in [3.63, 3.8) is 0 Å². The zero-order valence-electron chi connectivity index (χ0n) is 21.6. The van der Waals surface area contributed by atoms with E-state index < -0.39 is 23.4 Å². The first-order chi connectivity index (χ1) is 17.7. The molecule has 0 spiro atoms. The summed E-state index contributed by atoms with van der Waals surface area (Å²) in [5, 5.41) is 0. The molecule has 0 bridgehead atoms. The normalized spacial score (nSPS) is 24.4. The predicted octanol–water partition coefficient (Wildman–Crippen LogP) is 9.54. The van der Waals surface area contributed by atoms with E-state index in [1.165, 1.54) is 69.8 Å². The predicted molar refractivity (Wildman–Crippen MR) is 138 cm³/mol. The first-order valence-electron chi connectivity index (χ1n) is 13.9. The quantitative estimate of drug-likeness (QED) is 0.254. The van der Waals surface area contributed by atoms with E-state index in [0.717, 1.165) is 41.4 Å². The van der Waals surface area contributed by atoms with Crippen LogP contribution in [0.1, 0.15) is 99.3 Å². The van der Waals surface area contributed by atoms with E-state index in [9.17, 15) is 22.0 Å². The third-order valence-electron chi connectivity index (χ3n) is 8.61. The van der Waals surface area contributed by atoms with Crippen molar-refractivity contribution in [2.45, 2.75) is 96.1 Å². The lowest BCUT2D eigenvalue weighted by molar-refractivity contribution is -0.0696. The Hall–Kier alpha value is -2.35. The molecular formula is C32H37F5. The maximum atomic E-state index is 14.2. The molecule has 37 heavy (non-hydrogen) atoms. The molecule has 0 saturated heterocycles. The molecule has 5 heteroatoms. The number of rotatable bonds is 7. The molecule has 0 N–H and O–H groups in total. The van der Waals surface area contributed by atoms with Crippen LogP contribution >= 0.6 is 0 Å². The molecule has 0 atom stereocenters. The molecule has 2 aromatic carbocycles. The molecule has 2 aliphatic rings. The van der Waals surface area contributed by atoms with E-state index in [-0.39, 0.29) is 0 Å². The van der Waals surface area contributed by atoms with Gasteiger partial charge in [0.25, 0.3) is 0 Å². The van der Waals surface area contributed by atoms with Crippen molar-refractivity contribution in [2.24, 2.45) is 17.8 Å². The smallest absolute Gasteiger partial charge is 0.206 e. The van der Waals surface area contributed by atoms with Gasteiger partial charge in [-0.25, -0.2) is 8.78 Å². The number of aryl methyl sites for hydroxylation is 2. The van der Waals surface area contributed by atoms with Gasteiger partial charge in [0.2, 0.25) is 0 Å². The molecule has 0 heterocycles. The van der Waals surface area contributed by atoms with Crippen LogP contribution in [-0.2, 0) is 12.8 Å². The summed E-state index contributed by atoms with van der Waals surface area (Å²) >= 11 is 0. The van der Waals surface area contributed by atoms with Crippen molar-refractivity contribution in [1.82, 2.24) is 0 Å². The van der Waals surface area contributed by atoms with Gasteiger partial charge in [-0.15, -0.1) is 0 Å². The number of hydrogen-bond donors (Lipinski definition) is 0. The maximum absolute atomic E-state index is 14.2. The Morgan fingerprint density at radius 3 is 1.84 bits per heavy atom. The van der Waals surface area contributed by atoms with Crippen molar-refractivity contribution in [3.8, 4) is 11.8 Å². The van der Waals surface area contributed by atoms with Crippen molar-refractivity contribution in [1.29, 1.82) is 0 Å². The summed E-state index contributed by atoms with van der Waals surface area (Å²) < 4.78 is 65.1. The summed E-state index contributed by atoms with van der Waals surface area (Å²) in [5.74, 6) is 3.75. The molecule has 0 amide bonds. The van der Waals surface area contributed by atoms with Crippen LogP contribution in [0.3, 0.4) is 0 Å². The third kappa shape index (κ3) is 7.82. The van der Waals surface area contributed by atoms with Crippen LogP contribution in [-0.4, -0.2) is 6.18 Å². The highest BCUT2D eigenvalue weighted by Gasteiger charge is 2.31. The topological polar surface area (TPSA) is 0 Å². The van der Waals surface area contributed by atoms with Gasteiger partial charge in [-0.1, -0.05) is 62.8 Å². The first kappa shape index (κ1) is 27.7. The highest BCUT2D eigenvalue weighted by atomic mass is 19.4. The minimum atomic E-state index is -4.80. The van der Waals surface area contributed by atoms with Crippen molar-refractivity contribution in [3.05, 3.63) is 70.3 Å². The second-order valence-electron chi connectivity index (χ2n) is 11.1. The van der Waals surface area contributed by atoms with Gasteiger partial charge in [-0.2, -0.15) is 13.2 Å². The van der Waals surface area contributed by atoms with E-state index >= 15 is 0 Å². The van der Waals surface area contributed by atoms with Crippen LogP contribution in [0.5, 0.6) is 0 Å². The molecule has 0 aromatic heterocycles. The Labute approximate surface area is 218 Å². The fourth-order valence-electron chi connectivity index (χ4n) is 6.55. The van der Waals surface area contributed by atoms with Crippen molar-refractivity contribution < 1.29 is 22.0 Å². The summed E-state index contributed by atoms with van der Waals surface area (Å²) in [4.78, 5) is 0. The van der Waals surface area contributed by atoms with Gasteiger partial charge in [0, 0.05) is 5.92 Å². The van der Waals surface area contributed by atoms with Crippen LogP contribution in [0.2, 0.25) is 0 Å². The van der Waals surface area contributed by atoms with Gasteiger partial charge in [0.15, 0.2) is 0 Å². The van der Waals surface area contributed by atoms with Gasteiger partial charge in [-0.05, 0) is 104 Å². The van der Waals surface area contributed by atoms with Gasteiger partial charge in [0.05, 0.1) is 5.56 Å². The van der Waals surface area contributed by atoms with Crippen molar-refractivity contribution in [2.75, 3.05) is 0 Å². The Balaban J connectivity index is 1.26. The highest BCUT2D eigenvalue weighted by molar-refractivity contribution is 5.40. The third-order valence-corrected chi connectivity index (χ3v) is 8.61. The largest absolute Gasteiger partial charge is 0.458 e. The molecule has 2 fully saturated rings. The Kier molecular flexibility index (Phi) is 9.32. The average Bonchev–Trinajstić information content (AvgIpc) is 2.87. The van der Waals surface area contributed by atoms with Crippen LogP contribution in [0.4, 0.5) is 22.0 Å². The lowest BCUT2D eigenvalue weighted by Gasteiger charge is -2.38. The number of halogens is 5. The summed E-state index contributed by atoms with van der Waals surface area (Å²) in [6.07, 6.45) is 9.77. The summed E-state index contributed by atoms with van der Waals surface area (Å²) in [7, 11) is 0. The lowest BCUT2D eigenvalue weighted by Crippen LogP contribution is -2.25. The molecular weight excluding hydrogens is 479 g/mol. The van der Waals surface area contributed by atoms with Crippen LogP contribution in [0.25, 0.3) is 0 Å². The SMILES string of the molecule is CCCC1CCC(C2CCC(c3ccc(CCc4cc(F)c(C#CC(F)(F)F)c(F)c4)cc3)CC2)CC1. The molecule has 0 radical (unpaired) electrons. The standard InChI is InChI=1S/C32H37F5/c1-2-3-22-6-10-25(11-7-22)27-14-16-28(17-15-27)26-12-8-23(9-13-26)4-5-24-20-30(33)29(31(34)21-24)18-19-32(35,36)37/h8-9,12-13,20-22,25,27-28H,2-7,10-11,14-17H2,1H3. The molecule has 2 aromatic rings. The van der Waals surface area contributed by atoms with Gasteiger partial charge in [-0.3, -0.25) is 0 Å². The highest BCUT2D eigenvalue weighted by Crippen LogP contribution is 2.44. The molecule has 0 aliphatic heterocycles. The maximum Gasteiger partial charge on any atom is 0.458 e. The molecule has 0 nitrogen and oxygen atoms in total. The average molecular weight is 517 g/mol. The number of hydrogen-bond acceptors (Lipinski definition) is 0. The molecule has 0 unspecified atom stereocenters. The monoisotopic (exact) mass is 516 g/mol. The minimum Gasteiger partial charge on any atom is -0.206 e. The summed E-state index contributed by atoms with van der Waals surface area (Å²) in [5.41, 5.74) is 2.00. The van der Waals surface area contributed by atoms with Crippen LogP contribution < -0.4 is 0 Å². The zero-order valence-corrected chi connectivity index (χ0v) is 21.6. The van der Waals surface area contributed by atoms with Crippen LogP contribution in [0, 0.1) is 41.2 Å². The van der Waals surface area contributed by atoms with Gasteiger partial charge >= 0.3 is 6.18 Å². The molecule has 2 aliphatic carbocycles. The molecule has 200 valence electrons. The lowest BCUT2D eigenvalue weighted by atomic mass is 9.68. The molecule has 4 rings (SSSR count). The first-order valence-corrected chi connectivity index (χ1v) is 13.9. The second kappa shape index (κ2) is 12.5. The Morgan fingerprint density at radius 2 is 1.30 bits per heavy atom. The van der Waals surface area contributed by atoms with E-state index in [1.807, 2.05) is 0 Å². The summed E-state index contributed by atoms with van der Waals surface area (Å²) in [6.45, 7) is 2.30. The summed E-state index contributed by atoms with van der Waals surface area (Å²) in [6, 6.07) is 10.7. The number of benzene rings is 2. The van der Waals surface area contributed by atoms with Crippen molar-refractivity contribution >= 4 is 0 Å². The second-order valence-corrected chi connectivity index (χ2v) is 11.1. The fraction of sp³-hybridized carbons (Fsp3) is 0.562. The Bertz CT molecular complexity index is 1050. The minimum absolute atomic E-state index is 0.395. The van der Waals surface area contributed by atoms with Gasteiger partial charge in [0.1, 0.15) is 11.6 Å². The van der Waals surface area contributed by atoms with E-state index in [4.69, 9.17) is 0 Å². The van der Waals surface area contributed by atoms with Crippen LogP contribution in [0.15, 0.2) is 36.4 Å². The fourth-order valence-corrected chi connectivity index (χ4v) is 6.55. The molecule has 2 saturated carbocycles. The Morgan fingerprint density at radius 1 is 0.757 bits per heavy atom. The van der Waals surface area contributed by atoms with E-state index in [2.05, 4.69) is 31.2 Å². The van der Waals surface area contributed by atoms with Gasteiger partial charge < -0.3 is 0 Å². The zero-order chi connectivity index (χ0) is 26.4.